The van der Waals surface area contributed by atoms with E-state index in [0.29, 0.717) is 11.5 Å². The van der Waals surface area contributed by atoms with Crippen LogP contribution in [0, 0.1) is 6.92 Å². The monoisotopic (exact) mass is 248 g/mol. The van der Waals surface area contributed by atoms with E-state index >= 15 is 0 Å². The summed E-state index contributed by atoms with van der Waals surface area (Å²) < 4.78 is 10.4. The van der Waals surface area contributed by atoms with Gasteiger partial charge in [0.15, 0.2) is 0 Å². The molecule has 0 spiro atoms. The van der Waals surface area contributed by atoms with Crippen molar-refractivity contribution in [2.24, 2.45) is 0 Å². The third kappa shape index (κ3) is 3.36. The first-order valence-corrected chi connectivity index (χ1v) is 6.03. The van der Waals surface area contributed by atoms with Gasteiger partial charge >= 0.3 is 5.63 Å². The molecule has 0 unspecified atom stereocenters. The number of rotatable bonds is 4. The highest BCUT2D eigenvalue weighted by molar-refractivity contribution is 5.66. The van der Waals surface area contributed by atoms with E-state index in [0.717, 1.165) is 23.1 Å². The standard InChI is InChI=1S/C15H20O3/c1-6-7-10(2)8-11(3)15-12(4)13(17-5)9-14(16)18-15/h7-9H,6H2,1-5H3/b10-7-,11-8+. The molecule has 1 rings (SSSR count). The van der Waals surface area contributed by atoms with Crippen molar-refractivity contribution in [3.63, 3.8) is 0 Å². The number of hydrogen-bond acceptors (Lipinski definition) is 3. The van der Waals surface area contributed by atoms with Crippen LogP contribution in [0.2, 0.25) is 0 Å². The lowest BCUT2D eigenvalue weighted by Crippen LogP contribution is -2.03. The predicted octanol–water partition coefficient (Wildman–Crippen LogP) is 3.72. The summed E-state index contributed by atoms with van der Waals surface area (Å²) in [6.07, 6.45) is 5.11. The molecule has 0 aromatic carbocycles. The number of ether oxygens (including phenoxy) is 1. The Labute approximate surface area is 108 Å². The lowest BCUT2D eigenvalue weighted by molar-refractivity contribution is 0.395. The maximum absolute atomic E-state index is 11.4. The molecular weight excluding hydrogens is 228 g/mol. The minimum absolute atomic E-state index is 0.391. The first-order chi connectivity index (χ1) is 8.49. The van der Waals surface area contributed by atoms with E-state index < -0.39 is 5.63 Å². The minimum atomic E-state index is -0.391. The summed E-state index contributed by atoms with van der Waals surface area (Å²) in [4.78, 5) is 11.4. The van der Waals surface area contributed by atoms with Crippen LogP contribution in [0.25, 0.3) is 5.57 Å². The Morgan fingerprint density at radius 3 is 2.67 bits per heavy atom. The highest BCUT2D eigenvalue weighted by Crippen LogP contribution is 2.25. The van der Waals surface area contributed by atoms with Gasteiger partial charge in [0.05, 0.1) is 13.2 Å². The second kappa shape index (κ2) is 6.24. The van der Waals surface area contributed by atoms with E-state index in [1.807, 2.05) is 26.8 Å². The smallest absolute Gasteiger partial charge is 0.339 e. The molecule has 0 saturated heterocycles. The van der Waals surface area contributed by atoms with Gasteiger partial charge < -0.3 is 9.15 Å². The van der Waals surface area contributed by atoms with Crippen molar-refractivity contribution in [3.8, 4) is 5.75 Å². The lowest BCUT2D eigenvalue weighted by atomic mass is 10.1. The third-order valence-electron chi connectivity index (χ3n) is 2.71. The van der Waals surface area contributed by atoms with Crippen molar-refractivity contribution >= 4 is 5.57 Å². The molecule has 0 bridgehead atoms. The van der Waals surface area contributed by atoms with E-state index in [-0.39, 0.29) is 0 Å². The van der Waals surface area contributed by atoms with Crippen molar-refractivity contribution in [2.75, 3.05) is 7.11 Å². The topological polar surface area (TPSA) is 39.4 Å². The number of methoxy groups -OCH3 is 1. The summed E-state index contributed by atoms with van der Waals surface area (Å²) in [6.45, 7) is 7.93. The van der Waals surface area contributed by atoms with Gasteiger partial charge in [-0.3, -0.25) is 0 Å². The van der Waals surface area contributed by atoms with Gasteiger partial charge in [-0.2, -0.15) is 0 Å². The van der Waals surface area contributed by atoms with Crippen LogP contribution >= 0.6 is 0 Å². The molecular formula is C15H20O3. The van der Waals surface area contributed by atoms with Crippen LogP contribution in [0.3, 0.4) is 0 Å². The fourth-order valence-electron chi connectivity index (χ4n) is 1.91. The third-order valence-corrected chi connectivity index (χ3v) is 2.71. The first kappa shape index (κ1) is 14.3. The summed E-state index contributed by atoms with van der Waals surface area (Å²) in [6, 6.07) is 1.36. The van der Waals surface area contributed by atoms with E-state index in [2.05, 4.69) is 13.0 Å². The molecule has 0 fully saturated rings. The zero-order valence-electron chi connectivity index (χ0n) is 11.7. The Hall–Kier alpha value is -1.77. The first-order valence-electron chi connectivity index (χ1n) is 6.03. The highest BCUT2D eigenvalue weighted by Gasteiger charge is 2.10. The molecule has 1 heterocycles. The second-order valence-corrected chi connectivity index (χ2v) is 4.27. The molecule has 0 aliphatic rings. The molecule has 0 N–H and O–H groups in total. The van der Waals surface area contributed by atoms with Gasteiger partial charge in [0.25, 0.3) is 0 Å². The molecule has 0 atom stereocenters. The molecule has 18 heavy (non-hydrogen) atoms. The van der Waals surface area contributed by atoms with Crippen molar-refractivity contribution in [3.05, 3.63) is 45.5 Å². The van der Waals surface area contributed by atoms with Crippen LogP contribution in [-0.2, 0) is 0 Å². The van der Waals surface area contributed by atoms with Crippen LogP contribution in [0.15, 0.2) is 33.0 Å². The lowest BCUT2D eigenvalue weighted by Gasteiger charge is -2.08. The van der Waals surface area contributed by atoms with Gasteiger partial charge in [-0.25, -0.2) is 4.79 Å². The number of hydrogen-bond donors (Lipinski definition) is 0. The zero-order chi connectivity index (χ0) is 13.7. The Morgan fingerprint density at radius 1 is 1.44 bits per heavy atom. The molecule has 1 aromatic heterocycles. The molecule has 0 aliphatic carbocycles. The van der Waals surface area contributed by atoms with Crippen LogP contribution in [0.5, 0.6) is 5.75 Å². The summed E-state index contributed by atoms with van der Waals surface area (Å²) in [7, 11) is 1.55. The average molecular weight is 248 g/mol. The maximum Gasteiger partial charge on any atom is 0.339 e. The normalized spacial score (nSPS) is 12.7. The van der Waals surface area contributed by atoms with Crippen molar-refractivity contribution in [2.45, 2.75) is 34.1 Å². The predicted molar refractivity (Wildman–Crippen MR) is 74.0 cm³/mol. The molecule has 0 radical (unpaired) electrons. The van der Waals surface area contributed by atoms with Crippen LogP contribution < -0.4 is 10.4 Å². The van der Waals surface area contributed by atoms with E-state index in [4.69, 9.17) is 9.15 Å². The van der Waals surface area contributed by atoms with E-state index in [9.17, 15) is 4.79 Å². The Bertz CT molecular complexity index is 533. The van der Waals surface area contributed by atoms with Gasteiger partial charge in [0.2, 0.25) is 0 Å². The van der Waals surface area contributed by atoms with Crippen molar-refractivity contribution in [1.82, 2.24) is 0 Å². The Balaban J connectivity index is 3.29. The maximum atomic E-state index is 11.4. The highest BCUT2D eigenvalue weighted by atomic mass is 16.5. The molecule has 3 heteroatoms. The molecule has 3 nitrogen and oxygen atoms in total. The zero-order valence-corrected chi connectivity index (χ0v) is 11.7. The average Bonchev–Trinajstić information content (AvgIpc) is 2.31. The molecule has 0 aliphatic heterocycles. The minimum Gasteiger partial charge on any atom is -0.496 e. The van der Waals surface area contributed by atoms with E-state index in [1.54, 1.807) is 7.11 Å². The van der Waals surface area contributed by atoms with Gasteiger partial charge in [-0.15, -0.1) is 0 Å². The van der Waals surface area contributed by atoms with Gasteiger partial charge in [-0.1, -0.05) is 24.6 Å². The van der Waals surface area contributed by atoms with Crippen LogP contribution in [-0.4, -0.2) is 7.11 Å². The van der Waals surface area contributed by atoms with Gasteiger partial charge in [-0.05, 0) is 32.8 Å². The van der Waals surface area contributed by atoms with E-state index in [1.165, 1.54) is 6.07 Å². The summed E-state index contributed by atoms with van der Waals surface area (Å²) in [5, 5.41) is 0. The largest absolute Gasteiger partial charge is 0.496 e. The Kier molecular flexibility index (Phi) is 4.95. The van der Waals surface area contributed by atoms with Crippen LogP contribution in [0.4, 0.5) is 0 Å². The van der Waals surface area contributed by atoms with Gasteiger partial charge in [0.1, 0.15) is 11.5 Å². The summed E-state index contributed by atoms with van der Waals surface area (Å²) in [5.41, 5.74) is 2.53. The SMILES string of the molecule is CC/C=C(C)\C=C(/C)c1oc(=O)cc(OC)c1C. The molecule has 1 aromatic rings. The van der Waals surface area contributed by atoms with Crippen molar-refractivity contribution in [1.29, 1.82) is 0 Å². The fraction of sp³-hybridized carbons (Fsp3) is 0.400. The quantitative estimate of drug-likeness (QED) is 0.762. The van der Waals surface area contributed by atoms with Crippen LogP contribution in [0.1, 0.15) is 38.5 Å². The number of allylic oxidation sites excluding steroid dienone is 4. The Morgan fingerprint density at radius 2 is 2.11 bits per heavy atom. The second-order valence-electron chi connectivity index (χ2n) is 4.27. The van der Waals surface area contributed by atoms with Crippen molar-refractivity contribution < 1.29 is 9.15 Å². The summed E-state index contributed by atoms with van der Waals surface area (Å²) >= 11 is 0. The fourth-order valence-corrected chi connectivity index (χ4v) is 1.91. The molecule has 0 amide bonds. The van der Waals surface area contributed by atoms with Gasteiger partial charge in [0, 0.05) is 5.56 Å². The summed E-state index contributed by atoms with van der Waals surface area (Å²) in [5.74, 6) is 1.15. The molecule has 98 valence electrons. The molecule has 0 saturated carbocycles.